The fourth-order valence-electron chi connectivity index (χ4n) is 5.34. The molecule has 0 saturated heterocycles. The van der Waals surface area contributed by atoms with Crippen LogP contribution in [0, 0.1) is 0 Å². The van der Waals surface area contributed by atoms with Gasteiger partial charge in [-0.15, -0.1) is 0 Å². The van der Waals surface area contributed by atoms with E-state index in [1.165, 1.54) is 109 Å². The van der Waals surface area contributed by atoms with Crippen molar-refractivity contribution in [3.8, 4) is 0 Å². The van der Waals surface area contributed by atoms with Crippen LogP contribution in [0.1, 0.15) is 162 Å². The highest BCUT2D eigenvalue weighted by atomic mass is 31.1. The Bertz CT molecular complexity index is 515. The number of allylic oxidation sites excluding steroid dienone is 2. The maximum absolute atomic E-state index is 12.1. The first kappa shape index (κ1) is 34.8. The van der Waals surface area contributed by atoms with E-state index in [1.807, 2.05) is 21.1 Å². The fraction of sp³-hybridized carbons (Fsp3) is 0.935. The Balaban J connectivity index is 3.56. The lowest BCUT2D eigenvalue weighted by Gasteiger charge is -2.39. The van der Waals surface area contributed by atoms with Crippen LogP contribution in [-0.4, -0.2) is 30.9 Å². The van der Waals surface area contributed by atoms with Gasteiger partial charge in [0.15, 0.2) is 0 Å². The largest absolute Gasteiger partial charge is 0.590 e. The molecule has 0 N–H and O–H groups in total. The van der Waals surface area contributed by atoms with Crippen molar-refractivity contribution in [2.75, 3.05) is 21.1 Å². The minimum atomic E-state index is -2.44. The summed E-state index contributed by atoms with van der Waals surface area (Å²) in [6, 6.07) is 0. The van der Waals surface area contributed by atoms with Crippen LogP contribution in [-0.2, 0) is 4.57 Å². The molecule has 0 aliphatic rings. The minimum Gasteiger partial charge on any atom is -0.590 e. The second-order valence-corrected chi connectivity index (χ2v) is 13.2. The number of nitrogens with zero attached hydrogens (tertiary/aromatic N) is 1. The van der Waals surface area contributed by atoms with Gasteiger partial charge in [0.1, 0.15) is 0 Å². The highest BCUT2D eigenvalue weighted by Crippen LogP contribution is 2.45. The van der Waals surface area contributed by atoms with Gasteiger partial charge in [-0.25, -0.2) is 0 Å². The third-order valence-electron chi connectivity index (χ3n) is 7.83. The van der Waals surface area contributed by atoms with E-state index in [0.717, 1.165) is 38.5 Å². The van der Waals surface area contributed by atoms with E-state index in [9.17, 15) is 9.46 Å². The highest BCUT2D eigenvalue weighted by Gasteiger charge is 2.53. The monoisotopic (exact) mass is 512 g/mol. The summed E-state index contributed by atoms with van der Waals surface area (Å²) in [6.07, 6.45) is 34.2. The molecule has 35 heavy (non-hydrogen) atoms. The molecule has 0 saturated carbocycles. The van der Waals surface area contributed by atoms with E-state index in [2.05, 4.69) is 26.0 Å². The molecule has 0 amide bonds. The molecule has 0 spiro atoms. The van der Waals surface area contributed by atoms with Gasteiger partial charge >= 0.3 is 8.03 Å². The van der Waals surface area contributed by atoms with E-state index in [-0.39, 0.29) is 0 Å². The third kappa shape index (κ3) is 17.8. The predicted molar refractivity (Wildman–Crippen MR) is 155 cm³/mol. The van der Waals surface area contributed by atoms with Gasteiger partial charge in [0.05, 0.1) is 21.1 Å². The van der Waals surface area contributed by atoms with Crippen molar-refractivity contribution in [2.24, 2.45) is 0 Å². The first-order valence-corrected chi connectivity index (χ1v) is 16.6. The molecule has 0 aromatic heterocycles. The summed E-state index contributed by atoms with van der Waals surface area (Å²) >= 11 is 0. The molecule has 0 rings (SSSR count). The molecule has 0 fully saturated rings. The van der Waals surface area contributed by atoms with Crippen LogP contribution in [0.5, 0.6) is 0 Å². The standard InChI is InChI=1S/C31H63NO2P/c1-6-8-9-10-11-12-13-14-15-16-17-18-19-20-21-22-23-24-25-26-27-28-30-31(29-7-2,35(33)34)32(3,4)5/h24-25H,6-23,26-30H2,1-5H3/q+1. The van der Waals surface area contributed by atoms with Crippen molar-refractivity contribution in [2.45, 2.75) is 167 Å². The Morgan fingerprint density at radius 1 is 0.571 bits per heavy atom. The van der Waals surface area contributed by atoms with Gasteiger partial charge in [0, 0.05) is 12.8 Å². The van der Waals surface area contributed by atoms with Crippen LogP contribution >= 0.6 is 8.03 Å². The number of hydrogen-bond donors (Lipinski definition) is 0. The van der Waals surface area contributed by atoms with Crippen molar-refractivity contribution >= 4 is 8.03 Å². The summed E-state index contributed by atoms with van der Waals surface area (Å²) in [5.41, 5.74) is 0. The summed E-state index contributed by atoms with van der Waals surface area (Å²) in [4.78, 5) is 12.1. The third-order valence-corrected chi connectivity index (χ3v) is 9.55. The zero-order valence-electron chi connectivity index (χ0n) is 24.6. The Labute approximate surface area is 222 Å². The molecule has 0 aliphatic carbocycles. The van der Waals surface area contributed by atoms with Crippen molar-refractivity contribution in [1.29, 1.82) is 0 Å². The van der Waals surface area contributed by atoms with Gasteiger partial charge in [-0.05, 0) is 38.5 Å². The Hall–Kier alpha value is -0.240. The smallest absolute Gasteiger partial charge is 0.376 e. The molecular weight excluding hydrogens is 449 g/mol. The summed E-state index contributed by atoms with van der Waals surface area (Å²) in [5.74, 6) is 0. The molecule has 0 aromatic carbocycles. The van der Waals surface area contributed by atoms with Gasteiger partial charge in [0.25, 0.3) is 5.28 Å². The Morgan fingerprint density at radius 2 is 0.943 bits per heavy atom. The molecule has 0 radical (unpaired) electrons. The van der Waals surface area contributed by atoms with Gasteiger partial charge in [-0.1, -0.05) is 127 Å². The van der Waals surface area contributed by atoms with Gasteiger partial charge in [-0.3, -0.25) is 4.48 Å². The lowest BCUT2D eigenvalue weighted by molar-refractivity contribution is -0.910. The lowest BCUT2D eigenvalue weighted by atomic mass is 10.00. The SMILES string of the molecule is CCCCCCCCCCCCCCCCCCC=CCCCCC(CCC)([P+](=O)[O-])[N+](C)(C)C. The molecule has 0 bridgehead atoms. The van der Waals surface area contributed by atoms with E-state index >= 15 is 0 Å². The topological polar surface area (TPSA) is 40.1 Å². The quantitative estimate of drug-likeness (QED) is 0.0500. The van der Waals surface area contributed by atoms with Gasteiger partial charge in [0.2, 0.25) is 0 Å². The summed E-state index contributed by atoms with van der Waals surface area (Å²) < 4.78 is 12.6. The fourth-order valence-corrected chi connectivity index (χ4v) is 6.58. The first-order chi connectivity index (χ1) is 16.8. The Kier molecular flexibility index (Phi) is 22.8. The predicted octanol–water partition coefficient (Wildman–Crippen LogP) is 10.1. The molecule has 4 heteroatoms. The van der Waals surface area contributed by atoms with Gasteiger partial charge in [-0.2, -0.15) is 0 Å². The first-order valence-electron chi connectivity index (χ1n) is 15.4. The molecule has 2 unspecified atom stereocenters. The van der Waals surface area contributed by atoms with Gasteiger partial charge < -0.3 is 4.89 Å². The second kappa shape index (κ2) is 22.9. The van der Waals surface area contributed by atoms with Crippen molar-refractivity contribution in [3.05, 3.63) is 12.2 Å². The zero-order valence-corrected chi connectivity index (χ0v) is 25.5. The second-order valence-electron chi connectivity index (χ2n) is 11.8. The Morgan fingerprint density at radius 3 is 1.29 bits per heavy atom. The summed E-state index contributed by atoms with van der Waals surface area (Å²) in [6.45, 7) is 4.38. The highest BCUT2D eigenvalue weighted by molar-refractivity contribution is 7.38. The van der Waals surface area contributed by atoms with E-state index in [4.69, 9.17) is 0 Å². The maximum Gasteiger partial charge on any atom is 0.376 e. The van der Waals surface area contributed by atoms with E-state index < -0.39 is 13.3 Å². The van der Waals surface area contributed by atoms with Crippen LogP contribution in [0.4, 0.5) is 0 Å². The van der Waals surface area contributed by atoms with Crippen LogP contribution in [0.3, 0.4) is 0 Å². The minimum absolute atomic E-state index is 0.509. The molecule has 0 aliphatic heterocycles. The zero-order chi connectivity index (χ0) is 26.3. The number of rotatable bonds is 26. The van der Waals surface area contributed by atoms with Crippen molar-refractivity contribution in [3.63, 3.8) is 0 Å². The van der Waals surface area contributed by atoms with E-state index in [0.29, 0.717) is 4.48 Å². The summed E-state index contributed by atoms with van der Waals surface area (Å²) in [5, 5.41) is -0.610. The lowest BCUT2D eigenvalue weighted by Crippen LogP contribution is -2.55. The number of quaternary nitrogens is 1. The average molecular weight is 513 g/mol. The maximum atomic E-state index is 12.1. The molecular formula is C31H63NO2P+. The number of unbranched alkanes of at least 4 members (excludes halogenated alkanes) is 18. The van der Waals surface area contributed by atoms with Crippen molar-refractivity contribution < 1.29 is 13.9 Å². The van der Waals surface area contributed by atoms with E-state index in [1.54, 1.807) is 0 Å². The molecule has 208 valence electrons. The molecule has 3 nitrogen and oxygen atoms in total. The molecule has 0 heterocycles. The normalized spacial score (nSPS) is 14.5. The molecule has 2 atom stereocenters. The number of hydrogen-bond acceptors (Lipinski definition) is 2. The van der Waals surface area contributed by atoms with Crippen LogP contribution < -0.4 is 4.89 Å². The van der Waals surface area contributed by atoms with Crippen molar-refractivity contribution in [1.82, 2.24) is 0 Å². The summed E-state index contributed by atoms with van der Waals surface area (Å²) in [7, 11) is 3.64. The van der Waals surface area contributed by atoms with Crippen LogP contribution in [0.15, 0.2) is 12.2 Å². The molecule has 0 aromatic rings. The van der Waals surface area contributed by atoms with Crippen LogP contribution in [0.25, 0.3) is 0 Å². The average Bonchev–Trinajstić information content (AvgIpc) is 2.80. The van der Waals surface area contributed by atoms with Crippen LogP contribution in [0.2, 0.25) is 0 Å².